The van der Waals surface area contributed by atoms with E-state index in [9.17, 15) is 0 Å². The number of nitrogens with zero attached hydrogens (tertiary/aromatic N) is 2. The Balaban J connectivity index is 2.16. The molecule has 0 atom stereocenters. The molecule has 0 radical (unpaired) electrons. The molecule has 2 heteroatoms. The van der Waals surface area contributed by atoms with Gasteiger partial charge in [0.25, 0.3) is 0 Å². The Bertz CT molecular complexity index is 180. The molecule has 0 bridgehead atoms. The lowest BCUT2D eigenvalue weighted by Crippen LogP contribution is -1.95. The van der Waals surface area contributed by atoms with Crippen molar-refractivity contribution in [1.29, 1.82) is 0 Å². The third kappa shape index (κ3) is 3.65. The van der Waals surface area contributed by atoms with Crippen molar-refractivity contribution in [2.24, 2.45) is 9.98 Å². The van der Waals surface area contributed by atoms with Crippen LogP contribution in [-0.2, 0) is 0 Å². The highest BCUT2D eigenvalue weighted by Gasteiger charge is 2.06. The van der Waals surface area contributed by atoms with Gasteiger partial charge in [0.1, 0.15) is 0 Å². The monoisotopic (exact) mass is 166 g/mol. The van der Waals surface area contributed by atoms with Crippen LogP contribution in [-0.4, -0.2) is 24.5 Å². The summed E-state index contributed by atoms with van der Waals surface area (Å²) in [4.78, 5) is 8.80. The molecule has 0 unspecified atom stereocenters. The van der Waals surface area contributed by atoms with Gasteiger partial charge in [0, 0.05) is 11.4 Å². The maximum Gasteiger partial charge on any atom is 0.0584 e. The molecule has 1 fully saturated rings. The van der Waals surface area contributed by atoms with Crippen molar-refractivity contribution in [3.05, 3.63) is 0 Å². The lowest BCUT2D eigenvalue weighted by molar-refractivity contribution is 0.886. The van der Waals surface area contributed by atoms with Gasteiger partial charge in [-0.15, -0.1) is 0 Å². The highest BCUT2D eigenvalue weighted by molar-refractivity contribution is 5.86. The van der Waals surface area contributed by atoms with Crippen molar-refractivity contribution in [2.45, 2.75) is 39.5 Å². The minimum Gasteiger partial charge on any atom is -0.293 e. The predicted molar refractivity (Wildman–Crippen MR) is 54.4 cm³/mol. The molecule has 0 N–H and O–H groups in total. The third-order valence-electron chi connectivity index (χ3n) is 2.04. The zero-order chi connectivity index (χ0) is 8.81. The Hall–Kier alpha value is -0.660. The zero-order valence-electron chi connectivity index (χ0n) is 8.14. The summed E-state index contributed by atoms with van der Waals surface area (Å²) >= 11 is 0. The normalized spacial score (nSPS) is 16.3. The molecule has 1 aliphatic carbocycles. The van der Waals surface area contributed by atoms with E-state index in [2.05, 4.69) is 9.98 Å². The van der Waals surface area contributed by atoms with E-state index in [0.717, 1.165) is 18.8 Å². The van der Waals surface area contributed by atoms with Crippen molar-refractivity contribution in [3.8, 4) is 0 Å². The van der Waals surface area contributed by atoms with Gasteiger partial charge in [-0.3, -0.25) is 9.98 Å². The van der Waals surface area contributed by atoms with Crippen molar-refractivity contribution in [3.63, 3.8) is 0 Å². The van der Waals surface area contributed by atoms with E-state index in [1.165, 1.54) is 31.4 Å². The second-order valence-electron chi connectivity index (χ2n) is 3.48. The summed E-state index contributed by atoms with van der Waals surface area (Å²) in [6, 6.07) is 0. The highest BCUT2D eigenvalue weighted by Crippen LogP contribution is 2.14. The first kappa shape index (κ1) is 9.43. The van der Waals surface area contributed by atoms with Crippen LogP contribution in [0.4, 0.5) is 0 Å². The summed E-state index contributed by atoms with van der Waals surface area (Å²) < 4.78 is 0. The molecule has 0 saturated heterocycles. The van der Waals surface area contributed by atoms with E-state index in [-0.39, 0.29) is 0 Å². The van der Waals surface area contributed by atoms with Gasteiger partial charge < -0.3 is 0 Å². The molecule has 0 amide bonds. The van der Waals surface area contributed by atoms with E-state index in [1.807, 2.05) is 13.8 Å². The smallest absolute Gasteiger partial charge is 0.0584 e. The summed E-state index contributed by atoms with van der Waals surface area (Å²) in [7, 11) is 0. The van der Waals surface area contributed by atoms with Crippen molar-refractivity contribution >= 4 is 11.4 Å². The van der Waals surface area contributed by atoms with Crippen LogP contribution in [0.25, 0.3) is 0 Å². The van der Waals surface area contributed by atoms with Gasteiger partial charge in [-0.05, 0) is 39.5 Å². The highest BCUT2D eigenvalue weighted by atomic mass is 14.8. The minimum atomic E-state index is 0.867. The van der Waals surface area contributed by atoms with Crippen molar-refractivity contribution < 1.29 is 0 Å². The largest absolute Gasteiger partial charge is 0.293 e. The predicted octanol–water partition coefficient (Wildman–Crippen LogP) is 2.48. The van der Waals surface area contributed by atoms with Gasteiger partial charge >= 0.3 is 0 Å². The van der Waals surface area contributed by atoms with Crippen LogP contribution in [0.5, 0.6) is 0 Å². The maximum atomic E-state index is 4.50. The Morgan fingerprint density at radius 3 is 2.42 bits per heavy atom. The van der Waals surface area contributed by atoms with Gasteiger partial charge in [-0.1, -0.05) is 0 Å². The molecule has 2 nitrogen and oxygen atoms in total. The molecule has 0 aromatic carbocycles. The summed E-state index contributed by atoms with van der Waals surface area (Å²) in [6.45, 7) is 5.82. The lowest BCUT2D eigenvalue weighted by atomic mass is 10.3. The van der Waals surface area contributed by atoms with E-state index in [1.54, 1.807) is 0 Å². The molecule has 0 aromatic rings. The Morgan fingerprint density at radius 2 is 1.83 bits per heavy atom. The number of hydrogen-bond acceptors (Lipinski definition) is 2. The Labute approximate surface area is 74.8 Å². The Morgan fingerprint density at radius 1 is 1.17 bits per heavy atom. The van der Waals surface area contributed by atoms with Crippen LogP contribution < -0.4 is 0 Å². The number of hydrogen-bond donors (Lipinski definition) is 0. The second-order valence-corrected chi connectivity index (χ2v) is 3.48. The van der Waals surface area contributed by atoms with Gasteiger partial charge in [0.15, 0.2) is 0 Å². The molecule has 12 heavy (non-hydrogen) atoms. The molecule has 1 aliphatic rings. The molecule has 68 valence electrons. The van der Waals surface area contributed by atoms with Crippen LogP contribution >= 0.6 is 0 Å². The maximum absolute atomic E-state index is 4.50. The molecule has 0 aliphatic heterocycles. The fourth-order valence-electron chi connectivity index (χ4n) is 1.42. The van der Waals surface area contributed by atoms with Crippen LogP contribution in [0, 0.1) is 0 Å². The van der Waals surface area contributed by atoms with E-state index in [4.69, 9.17) is 0 Å². The summed E-state index contributed by atoms with van der Waals surface area (Å²) in [5, 5.41) is 0. The molecule has 0 heterocycles. The molecule has 1 rings (SSSR count). The zero-order valence-corrected chi connectivity index (χ0v) is 8.14. The molecule has 1 saturated carbocycles. The molecule has 0 aromatic heterocycles. The van der Waals surface area contributed by atoms with Crippen LogP contribution in [0.1, 0.15) is 39.5 Å². The summed E-state index contributed by atoms with van der Waals surface area (Å²) in [5.41, 5.74) is 2.57. The fraction of sp³-hybridized carbons (Fsp3) is 0.800. The van der Waals surface area contributed by atoms with Crippen LogP contribution in [0.2, 0.25) is 0 Å². The third-order valence-corrected chi connectivity index (χ3v) is 2.04. The van der Waals surface area contributed by atoms with Crippen LogP contribution in [0.3, 0.4) is 0 Å². The molecular weight excluding hydrogens is 148 g/mol. The number of rotatable bonds is 3. The average molecular weight is 166 g/mol. The van der Waals surface area contributed by atoms with Gasteiger partial charge in [-0.25, -0.2) is 0 Å². The standard InChI is InChI=1S/C10H18N2/c1-9(2)11-7-8-12-10-5-3-4-6-10/h3-8H2,1-2H3. The van der Waals surface area contributed by atoms with Gasteiger partial charge in [0.05, 0.1) is 13.1 Å². The minimum absolute atomic E-state index is 0.867. The van der Waals surface area contributed by atoms with E-state index < -0.39 is 0 Å². The van der Waals surface area contributed by atoms with Crippen molar-refractivity contribution in [1.82, 2.24) is 0 Å². The average Bonchev–Trinajstić information content (AvgIpc) is 2.49. The van der Waals surface area contributed by atoms with E-state index >= 15 is 0 Å². The van der Waals surface area contributed by atoms with Gasteiger partial charge in [0.2, 0.25) is 0 Å². The Kier molecular flexibility index (Phi) is 3.98. The lowest BCUT2D eigenvalue weighted by Gasteiger charge is -1.94. The topological polar surface area (TPSA) is 24.7 Å². The van der Waals surface area contributed by atoms with Crippen molar-refractivity contribution in [2.75, 3.05) is 13.1 Å². The summed E-state index contributed by atoms with van der Waals surface area (Å²) in [5.74, 6) is 0. The molecular formula is C10H18N2. The number of aliphatic imine (C=N–C) groups is 2. The quantitative estimate of drug-likeness (QED) is 0.454. The van der Waals surface area contributed by atoms with Gasteiger partial charge in [-0.2, -0.15) is 0 Å². The second kappa shape index (κ2) is 5.07. The van der Waals surface area contributed by atoms with E-state index in [0.29, 0.717) is 0 Å². The summed E-state index contributed by atoms with van der Waals surface area (Å²) in [6.07, 6.45) is 5.15. The van der Waals surface area contributed by atoms with Crippen LogP contribution in [0.15, 0.2) is 9.98 Å². The molecule has 0 spiro atoms. The first-order chi connectivity index (χ1) is 5.79. The first-order valence-corrected chi connectivity index (χ1v) is 4.79. The fourth-order valence-corrected chi connectivity index (χ4v) is 1.42. The SMILES string of the molecule is CC(C)=NCCN=C1CCCC1. The first-order valence-electron chi connectivity index (χ1n) is 4.79.